The summed E-state index contributed by atoms with van der Waals surface area (Å²) < 4.78 is 5.73. The van der Waals surface area contributed by atoms with Gasteiger partial charge in [0.2, 0.25) is 0 Å². The molecule has 0 aliphatic carbocycles. The Morgan fingerprint density at radius 1 is 1.09 bits per heavy atom. The van der Waals surface area contributed by atoms with Crippen molar-refractivity contribution in [3.63, 3.8) is 0 Å². The first-order valence-corrected chi connectivity index (χ1v) is 7.84. The van der Waals surface area contributed by atoms with Crippen LogP contribution in [0.5, 0.6) is 5.75 Å². The van der Waals surface area contributed by atoms with Crippen molar-refractivity contribution < 1.29 is 14.6 Å². The zero-order chi connectivity index (χ0) is 16.7. The molecule has 122 valence electrons. The van der Waals surface area contributed by atoms with Crippen LogP contribution in [-0.2, 0) is 0 Å². The fraction of sp³-hybridized carbons (Fsp3) is 0.316. The molecule has 2 N–H and O–H groups in total. The van der Waals surface area contributed by atoms with Crippen molar-refractivity contribution in [1.82, 2.24) is 0 Å². The Kier molecular flexibility index (Phi) is 6.03. The number of benzene rings is 2. The van der Waals surface area contributed by atoms with Crippen molar-refractivity contribution in [3.8, 4) is 5.75 Å². The van der Waals surface area contributed by atoms with Crippen LogP contribution < -0.4 is 10.1 Å². The first-order chi connectivity index (χ1) is 11.1. The maximum absolute atomic E-state index is 11.1. The number of nitrogens with one attached hydrogen (secondary N) is 1. The topological polar surface area (TPSA) is 58.6 Å². The van der Waals surface area contributed by atoms with Gasteiger partial charge in [-0.25, -0.2) is 4.79 Å². The number of carboxylic acid groups (broad SMARTS) is 1. The highest BCUT2D eigenvalue weighted by molar-refractivity contribution is 5.94. The predicted molar refractivity (Wildman–Crippen MR) is 92.5 cm³/mol. The SMILES string of the molecule is Cc1ccc(OCCCCNc2ccccc2C(=O)O)cc1C. The minimum Gasteiger partial charge on any atom is -0.494 e. The van der Waals surface area contributed by atoms with Crippen molar-refractivity contribution in [1.29, 1.82) is 0 Å². The molecule has 0 aliphatic rings. The number of carboxylic acids is 1. The molecule has 23 heavy (non-hydrogen) atoms. The first-order valence-electron chi connectivity index (χ1n) is 7.84. The van der Waals surface area contributed by atoms with E-state index in [4.69, 9.17) is 9.84 Å². The van der Waals surface area contributed by atoms with E-state index in [1.54, 1.807) is 18.2 Å². The molecule has 2 rings (SSSR count). The highest BCUT2D eigenvalue weighted by Gasteiger charge is 2.07. The monoisotopic (exact) mass is 313 g/mol. The highest BCUT2D eigenvalue weighted by Crippen LogP contribution is 2.17. The lowest BCUT2D eigenvalue weighted by atomic mass is 10.1. The number of unbranched alkanes of at least 4 members (excludes halogenated alkanes) is 1. The van der Waals surface area contributed by atoms with Crippen molar-refractivity contribution in [2.24, 2.45) is 0 Å². The Morgan fingerprint density at radius 2 is 1.87 bits per heavy atom. The molecule has 4 heteroatoms. The zero-order valence-corrected chi connectivity index (χ0v) is 13.6. The second-order valence-corrected chi connectivity index (χ2v) is 5.58. The smallest absolute Gasteiger partial charge is 0.337 e. The largest absolute Gasteiger partial charge is 0.494 e. The number of para-hydroxylation sites is 1. The Bertz CT molecular complexity index is 667. The summed E-state index contributed by atoms with van der Waals surface area (Å²) in [4.78, 5) is 11.1. The van der Waals surface area contributed by atoms with Crippen LogP contribution >= 0.6 is 0 Å². The standard InChI is InChI=1S/C19H23NO3/c1-14-9-10-16(13-15(14)2)23-12-6-5-11-20-18-8-4-3-7-17(18)19(21)22/h3-4,7-10,13,20H,5-6,11-12H2,1-2H3,(H,21,22). The Hall–Kier alpha value is -2.49. The second kappa shape index (κ2) is 8.22. The van der Waals surface area contributed by atoms with Crippen LogP contribution in [0.2, 0.25) is 0 Å². The van der Waals surface area contributed by atoms with Crippen LogP contribution in [0.1, 0.15) is 34.3 Å². The minimum absolute atomic E-state index is 0.305. The number of rotatable bonds is 8. The molecular formula is C19H23NO3. The van der Waals surface area contributed by atoms with Gasteiger partial charge in [0.15, 0.2) is 0 Å². The van der Waals surface area contributed by atoms with Gasteiger partial charge in [-0.3, -0.25) is 0 Å². The lowest BCUT2D eigenvalue weighted by molar-refractivity contribution is 0.0698. The van der Waals surface area contributed by atoms with Gasteiger partial charge in [-0.2, -0.15) is 0 Å². The first kappa shape index (κ1) is 16.9. The summed E-state index contributed by atoms with van der Waals surface area (Å²) >= 11 is 0. The zero-order valence-electron chi connectivity index (χ0n) is 13.6. The van der Waals surface area contributed by atoms with Crippen LogP contribution in [-0.4, -0.2) is 24.2 Å². The summed E-state index contributed by atoms with van der Waals surface area (Å²) in [6.07, 6.45) is 1.83. The van der Waals surface area contributed by atoms with Crippen molar-refractivity contribution >= 4 is 11.7 Å². The van der Waals surface area contributed by atoms with Gasteiger partial charge in [0, 0.05) is 12.2 Å². The molecule has 0 heterocycles. The molecule has 0 unspecified atom stereocenters. The predicted octanol–water partition coefficient (Wildman–Crippen LogP) is 4.27. The normalized spacial score (nSPS) is 10.3. The summed E-state index contributed by atoms with van der Waals surface area (Å²) in [7, 11) is 0. The average Bonchev–Trinajstić information content (AvgIpc) is 2.54. The van der Waals surface area contributed by atoms with Gasteiger partial charge in [0.1, 0.15) is 5.75 Å². The second-order valence-electron chi connectivity index (χ2n) is 5.58. The molecule has 0 radical (unpaired) electrons. The lowest BCUT2D eigenvalue weighted by Crippen LogP contribution is -2.08. The van der Waals surface area contributed by atoms with Gasteiger partial charge in [-0.1, -0.05) is 18.2 Å². The Labute approximate surface area is 137 Å². The number of aromatic carboxylic acids is 1. The average molecular weight is 313 g/mol. The number of aryl methyl sites for hydroxylation is 2. The van der Waals surface area contributed by atoms with E-state index in [2.05, 4.69) is 31.3 Å². The molecule has 0 saturated carbocycles. The number of carbonyl (C=O) groups is 1. The third-order valence-electron chi connectivity index (χ3n) is 3.79. The fourth-order valence-electron chi connectivity index (χ4n) is 2.27. The maximum atomic E-state index is 11.1. The van der Waals surface area contributed by atoms with Crippen molar-refractivity contribution in [2.75, 3.05) is 18.5 Å². The number of hydrogen-bond acceptors (Lipinski definition) is 3. The third kappa shape index (κ3) is 5.02. The van der Waals surface area contributed by atoms with E-state index in [1.807, 2.05) is 12.1 Å². The van der Waals surface area contributed by atoms with Crippen LogP contribution in [0, 0.1) is 13.8 Å². The molecular weight excluding hydrogens is 290 g/mol. The molecule has 0 spiro atoms. The molecule has 2 aromatic rings. The van der Waals surface area contributed by atoms with Crippen LogP contribution in [0.25, 0.3) is 0 Å². The summed E-state index contributed by atoms with van der Waals surface area (Å²) in [6, 6.07) is 13.1. The van der Waals surface area contributed by atoms with E-state index in [1.165, 1.54) is 11.1 Å². The fourth-order valence-corrected chi connectivity index (χ4v) is 2.27. The van der Waals surface area contributed by atoms with Gasteiger partial charge in [-0.05, 0) is 62.1 Å². The molecule has 0 aliphatic heterocycles. The quantitative estimate of drug-likeness (QED) is 0.714. The van der Waals surface area contributed by atoms with Gasteiger partial charge in [0.25, 0.3) is 0 Å². The van der Waals surface area contributed by atoms with E-state index in [0.29, 0.717) is 17.9 Å². The van der Waals surface area contributed by atoms with Gasteiger partial charge in [-0.15, -0.1) is 0 Å². The third-order valence-corrected chi connectivity index (χ3v) is 3.79. The van der Waals surface area contributed by atoms with Gasteiger partial charge in [0.05, 0.1) is 12.2 Å². The molecule has 0 amide bonds. The number of anilines is 1. The molecule has 0 atom stereocenters. The summed E-state index contributed by atoms with van der Waals surface area (Å²) in [5, 5.41) is 12.3. The van der Waals surface area contributed by atoms with E-state index in [0.717, 1.165) is 25.1 Å². The van der Waals surface area contributed by atoms with E-state index in [-0.39, 0.29) is 0 Å². The Morgan fingerprint density at radius 3 is 2.61 bits per heavy atom. The molecule has 0 aromatic heterocycles. The van der Waals surface area contributed by atoms with E-state index in [9.17, 15) is 4.79 Å². The minimum atomic E-state index is -0.911. The van der Waals surface area contributed by atoms with E-state index < -0.39 is 5.97 Å². The maximum Gasteiger partial charge on any atom is 0.337 e. The van der Waals surface area contributed by atoms with E-state index >= 15 is 0 Å². The summed E-state index contributed by atoms with van der Waals surface area (Å²) in [6.45, 7) is 5.54. The molecule has 4 nitrogen and oxygen atoms in total. The van der Waals surface area contributed by atoms with Crippen molar-refractivity contribution in [2.45, 2.75) is 26.7 Å². The summed E-state index contributed by atoms with van der Waals surface area (Å²) in [5.74, 6) is -0.0107. The number of hydrogen-bond donors (Lipinski definition) is 2. The Balaban J connectivity index is 1.70. The molecule has 0 fully saturated rings. The highest BCUT2D eigenvalue weighted by atomic mass is 16.5. The van der Waals surface area contributed by atoms with Crippen LogP contribution in [0.4, 0.5) is 5.69 Å². The lowest BCUT2D eigenvalue weighted by Gasteiger charge is -2.10. The number of ether oxygens (including phenoxy) is 1. The molecule has 2 aromatic carbocycles. The van der Waals surface area contributed by atoms with Crippen LogP contribution in [0.15, 0.2) is 42.5 Å². The van der Waals surface area contributed by atoms with Gasteiger partial charge < -0.3 is 15.2 Å². The molecule has 0 saturated heterocycles. The van der Waals surface area contributed by atoms with Crippen molar-refractivity contribution in [3.05, 3.63) is 59.2 Å². The summed E-state index contributed by atoms with van der Waals surface area (Å²) in [5.41, 5.74) is 3.46. The molecule has 0 bridgehead atoms. The van der Waals surface area contributed by atoms with Crippen LogP contribution in [0.3, 0.4) is 0 Å². The van der Waals surface area contributed by atoms with Gasteiger partial charge >= 0.3 is 5.97 Å².